The number of thiazole rings is 1. The minimum atomic E-state index is 0.775. The molecule has 40 heavy (non-hydrogen) atoms. The molecule has 2 nitrogen and oxygen atoms in total. The minimum Gasteiger partial charge on any atom is -0.309 e. The molecule has 3 heterocycles. The van der Waals surface area contributed by atoms with Gasteiger partial charge in [-0.05, 0) is 71.4 Å². The van der Waals surface area contributed by atoms with Gasteiger partial charge in [0.15, 0.2) is 0 Å². The van der Waals surface area contributed by atoms with E-state index in [2.05, 4.69) is 114 Å². The molecule has 3 aromatic heterocycles. The Morgan fingerprint density at radius 3 is 2.33 bits per heavy atom. The summed E-state index contributed by atoms with van der Waals surface area (Å²) in [6, 6.07) is 41.2. The summed E-state index contributed by atoms with van der Waals surface area (Å²) in [4.78, 5) is 5.05. The van der Waals surface area contributed by atoms with E-state index in [1.165, 1.54) is 57.5 Å². The molecule has 9 aromatic rings. The molecule has 9 rings (SSSR count). The van der Waals surface area contributed by atoms with E-state index in [9.17, 15) is 0 Å². The molecule has 5 heteroatoms. The molecule has 0 unspecified atom stereocenters. The standard InChI is InChI=1S/C35H19ClN2S2/c36-22-12-15-26-31(19-22)39-30-18-16-27-34(33(26)30)40-35(37-27)21-9-13-23(14-10-21)38-28-8-4-3-7-25(28)32-24-6-2-1-5-20(24)11-17-29(32)38/h1-19H. The van der Waals surface area contributed by atoms with Crippen molar-refractivity contribution in [2.24, 2.45) is 0 Å². The van der Waals surface area contributed by atoms with Gasteiger partial charge in [0.25, 0.3) is 0 Å². The number of nitrogens with zero attached hydrogens (tertiary/aromatic N) is 2. The Morgan fingerprint density at radius 2 is 1.43 bits per heavy atom. The molecule has 0 saturated heterocycles. The highest BCUT2D eigenvalue weighted by atomic mass is 35.5. The van der Waals surface area contributed by atoms with Crippen LogP contribution in [0.25, 0.3) is 79.2 Å². The van der Waals surface area contributed by atoms with Gasteiger partial charge in [0.05, 0.1) is 21.3 Å². The van der Waals surface area contributed by atoms with Crippen LogP contribution in [-0.4, -0.2) is 9.55 Å². The fourth-order valence-electron chi connectivity index (χ4n) is 6.11. The number of thiophene rings is 1. The van der Waals surface area contributed by atoms with E-state index in [-0.39, 0.29) is 0 Å². The molecule has 0 radical (unpaired) electrons. The first-order chi connectivity index (χ1) is 19.7. The molecule has 6 aromatic carbocycles. The Bertz CT molecular complexity index is 2440. The fourth-order valence-corrected chi connectivity index (χ4v) is 8.70. The van der Waals surface area contributed by atoms with Crippen molar-refractivity contribution < 1.29 is 0 Å². The van der Waals surface area contributed by atoms with Crippen molar-refractivity contribution in [1.29, 1.82) is 0 Å². The van der Waals surface area contributed by atoms with Gasteiger partial charge in [-0.25, -0.2) is 4.98 Å². The van der Waals surface area contributed by atoms with Gasteiger partial charge in [-0.2, -0.15) is 0 Å². The average molecular weight is 567 g/mol. The first kappa shape index (κ1) is 22.6. The van der Waals surface area contributed by atoms with E-state index < -0.39 is 0 Å². The topological polar surface area (TPSA) is 17.8 Å². The van der Waals surface area contributed by atoms with Crippen molar-refractivity contribution in [3.05, 3.63) is 120 Å². The largest absolute Gasteiger partial charge is 0.309 e. The zero-order valence-corrected chi connectivity index (χ0v) is 23.4. The monoisotopic (exact) mass is 566 g/mol. The first-order valence-electron chi connectivity index (χ1n) is 13.2. The second-order valence-electron chi connectivity index (χ2n) is 10.1. The van der Waals surface area contributed by atoms with Crippen LogP contribution in [-0.2, 0) is 0 Å². The Hall–Kier alpha value is -4.22. The van der Waals surface area contributed by atoms with Crippen LogP contribution < -0.4 is 0 Å². The van der Waals surface area contributed by atoms with Gasteiger partial charge in [0.2, 0.25) is 0 Å². The fraction of sp³-hybridized carbons (Fsp3) is 0. The quantitative estimate of drug-likeness (QED) is 0.203. The van der Waals surface area contributed by atoms with Crippen LogP contribution in [0, 0.1) is 0 Å². The zero-order chi connectivity index (χ0) is 26.4. The molecular formula is C35H19ClN2S2. The first-order valence-corrected chi connectivity index (χ1v) is 15.2. The van der Waals surface area contributed by atoms with E-state index >= 15 is 0 Å². The summed E-state index contributed by atoms with van der Waals surface area (Å²) in [6.07, 6.45) is 0. The summed E-state index contributed by atoms with van der Waals surface area (Å²) in [5.41, 5.74) is 5.76. The Kier molecular flexibility index (Phi) is 4.74. The molecule has 0 spiro atoms. The van der Waals surface area contributed by atoms with Crippen molar-refractivity contribution in [3.63, 3.8) is 0 Å². The minimum absolute atomic E-state index is 0.775. The Balaban J connectivity index is 1.21. The lowest BCUT2D eigenvalue weighted by Crippen LogP contribution is -1.93. The molecular weight excluding hydrogens is 548 g/mol. The van der Waals surface area contributed by atoms with Gasteiger partial charge in [0, 0.05) is 47.2 Å². The molecule has 0 saturated carbocycles. The van der Waals surface area contributed by atoms with E-state index in [0.717, 1.165) is 26.8 Å². The summed E-state index contributed by atoms with van der Waals surface area (Å²) in [6.45, 7) is 0. The van der Waals surface area contributed by atoms with E-state index in [0.29, 0.717) is 0 Å². The van der Waals surface area contributed by atoms with Gasteiger partial charge in [-0.1, -0.05) is 66.2 Å². The lowest BCUT2D eigenvalue weighted by Gasteiger charge is -2.09. The van der Waals surface area contributed by atoms with E-state index in [1.54, 1.807) is 22.7 Å². The predicted molar refractivity (Wildman–Crippen MR) is 175 cm³/mol. The van der Waals surface area contributed by atoms with Crippen LogP contribution in [0.3, 0.4) is 0 Å². The molecule has 0 amide bonds. The third kappa shape index (κ3) is 3.18. The van der Waals surface area contributed by atoms with Crippen molar-refractivity contribution in [2.75, 3.05) is 0 Å². The van der Waals surface area contributed by atoms with E-state index in [1.807, 2.05) is 6.07 Å². The summed E-state index contributed by atoms with van der Waals surface area (Å²) in [5.74, 6) is 0. The average Bonchev–Trinajstić information content (AvgIpc) is 3.68. The second kappa shape index (κ2) is 8.39. The number of fused-ring (bicyclic) bond motifs is 10. The van der Waals surface area contributed by atoms with Crippen LogP contribution in [0.5, 0.6) is 0 Å². The summed E-state index contributed by atoms with van der Waals surface area (Å²) < 4.78 is 6.10. The third-order valence-electron chi connectivity index (χ3n) is 7.89. The van der Waals surface area contributed by atoms with Gasteiger partial charge in [0.1, 0.15) is 5.01 Å². The SMILES string of the molecule is Clc1ccc2c(c1)sc1ccc3nc(-c4ccc(-n5c6ccccc6c6c7ccccc7ccc65)cc4)sc3c12. The molecule has 0 fully saturated rings. The molecule has 0 atom stereocenters. The highest BCUT2D eigenvalue weighted by molar-refractivity contribution is 7.28. The number of hydrogen-bond donors (Lipinski definition) is 0. The molecule has 0 bridgehead atoms. The van der Waals surface area contributed by atoms with Crippen LogP contribution in [0.1, 0.15) is 0 Å². The smallest absolute Gasteiger partial charge is 0.124 e. The Labute approximate surface area is 242 Å². The molecule has 0 aliphatic heterocycles. The summed E-state index contributed by atoms with van der Waals surface area (Å²) in [5, 5.41) is 9.48. The number of halogens is 1. The third-order valence-corrected chi connectivity index (χ3v) is 10.4. The number of para-hydroxylation sites is 1. The van der Waals surface area contributed by atoms with Crippen LogP contribution in [0.4, 0.5) is 0 Å². The van der Waals surface area contributed by atoms with E-state index in [4.69, 9.17) is 16.6 Å². The number of rotatable bonds is 2. The number of aromatic nitrogens is 2. The highest BCUT2D eigenvalue weighted by Crippen LogP contribution is 2.43. The van der Waals surface area contributed by atoms with Crippen molar-refractivity contribution in [3.8, 4) is 16.3 Å². The molecule has 0 aliphatic carbocycles. The van der Waals surface area contributed by atoms with Gasteiger partial charge in [-0.15, -0.1) is 22.7 Å². The normalized spacial score (nSPS) is 12.1. The lowest BCUT2D eigenvalue weighted by molar-refractivity contribution is 1.18. The zero-order valence-electron chi connectivity index (χ0n) is 21.1. The summed E-state index contributed by atoms with van der Waals surface area (Å²) in [7, 11) is 0. The second-order valence-corrected chi connectivity index (χ2v) is 12.6. The number of benzene rings is 6. The van der Waals surface area contributed by atoms with Crippen molar-refractivity contribution in [1.82, 2.24) is 9.55 Å². The van der Waals surface area contributed by atoms with Crippen LogP contribution in [0.2, 0.25) is 5.02 Å². The Morgan fingerprint density at radius 1 is 0.600 bits per heavy atom. The van der Waals surface area contributed by atoms with Gasteiger partial charge < -0.3 is 4.57 Å². The molecule has 0 aliphatic rings. The van der Waals surface area contributed by atoms with Gasteiger partial charge in [-0.3, -0.25) is 0 Å². The summed E-state index contributed by atoms with van der Waals surface area (Å²) >= 11 is 9.84. The molecule has 0 N–H and O–H groups in total. The maximum atomic E-state index is 6.28. The predicted octanol–water partition coefficient (Wildman–Crippen LogP) is 11.2. The van der Waals surface area contributed by atoms with Crippen molar-refractivity contribution in [2.45, 2.75) is 0 Å². The highest BCUT2D eigenvalue weighted by Gasteiger charge is 2.16. The van der Waals surface area contributed by atoms with Crippen molar-refractivity contribution >= 4 is 97.2 Å². The van der Waals surface area contributed by atoms with Crippen LogP contribution >= 0.6 is 34.3 Å². The molecule has 188 valence electrons. The van der Waals surface area contributed by atoms with Gasteiger partial charge >= 0.3 is 0 Å². The lowest BCUT2D eigenvalue weighted by atomic mass is 10.0. The number of hydrogen-bond acceptors (Lipinski definition) is 3. The maximum Gasteiger partial charge on any atom is 0.124 e. The maximum absolute atomic E-state index is 6.28. The van der Waals surface area contributed by atoms with Crippen LogP contribution in [0.15, 0.2) is 115 Å².